The molecule has 0 radical (unpaired) electrons. The van der Waals surface area contributed by atoms with Crippen molar-refractivity contribution in [2.45, 2.75) is 35.5 Å². The number of rotatable bonds is 3. The molecule has 0 aliphatic carbocycles. The summed E-state index contributed by atoms with van der Waals surface area (Å²) in [5.41, 5.74) is -20.1. The summed E-state index contributed by atoms with van der Waals surface area (Å²) < 4.78 is 222. The van der Waals surface area contributed by atoms with Crippen LogP contribution < -0.4 is 16.9 Å². The zero-order valence-corrected chi connectivity index (χ0v) is 13.4. The minimum atomic E-state index is -15.0. The zero-order valence-electron chi connectivity index (χ0n) is 12.5. The Morgan fingerprint density at radius 3 is 0.655 bits per heavy atom. The van der Waals surface area contributed by atoms with Gasteiger partial charge in [-0.2, -0.15) is 0 Å². The molecule has 0 amide bonds. The molecule has 180 valence electrons. The van der Waals surface area contributed by atoms with Gasteiger partial charge in [-0.15, -0.1) is 0 Å². The van der Waals surface area contributed by atoms with Crippen LogP contribution in [0.1, 0.15) is 0 Å². The van der Waals surface area contributed by atoms with Crippen LogP contribution >= 0.6 is 6.88 Å². The number of alkyl halides is 15. The van der Waals surface area contributed by atoms with Gasteiger partial charge in [0.2, 0.25) is 0 Å². The van der Waals surface area contributed by atoms with E-state index in [1.165, 1.54) is 0 Å². The van der Waals surface area contributed by atoms with Crippen molar-refractivity contribution in [2.24, 2.45) is 11.5 Å². The van der Waals surface area contributed by atoms with Crippen molar-refractivity contribution in [2.75, 3.05) is 0 Å². The van der Waals surface area contributed by atoms with E-state index < -0.39 is 42.4 Å². The van der Waals surface area contributed by atoms with Gasteiger partial charge in [-0.1, -0.05) is 0 Å². The first kappa shape index (κ1) is 29.6. The average molecular weight is 505 g/mol. The smallest absolute Gasteiger partial charge is 0.291 e. The molecule has 22 heteroatoms. The third kappa shape index (κ3) is 3.18. The van der Waals surface area contributed by atoms with Crippen LogP contribution in [0.4, 0.5) is 78.4 Å². The molecule has 0 aliphatic rings. The predicted octanol–water partition coefficient (Wildman–Crippen LogP) is 4.21. The van der Waals surface area contributed by atoms with Crippen LogP contribution in [0.25, 0.3) is 0 Å². The second-order valence-electron chi connectivity index (χ2n) is 4.90. The van der Waals surface area contributed by atoms with E-state index in [0.717, 1.165) is 0 Å². The Kier molecular flexibility index (Phi) is 6.36. The summed E-state index contributed by atoms with van der Waals surface area (Å²) >= 11 is 0. The number of hydrogen-bond acceptors (Lipinski definition) is 0. The molecule has 0 saturated carbocycles. The molecule has 0 heterocycles. The molecule has 0 aromatic rings. The molecule has 0 bridgehead atoms. The molecule has 0 aromatic heterocycles. The molecule has 0 fully saturated rings. The topological polar surface area (TPSA) is 77.6 Å². The first-order valence-electron chi connectivity index (χ1n) is 5.63. The van der Waals surface area contributed by atoms with E-state index in [0.29, 0.717) is 0 Å². The van der Waals surface area contributed by atoms with Gasteiger partial charge in [0.05, 0.1) is 0 Å². The van der Waals surface area contributed by atoms with E-state index in [1.807, 2.05) is 0 Å². The molecule has 0 aliphatic heterocycles. The molecule has 0 atom stereocenters. The van der Waals surface area contributed by atoms with Crippen LogP contribution in [0.3, 0.4) is 0 Å². The standard InChI is InChI=1S/C6F18P.CH5N3/c7-1(8,9)4(16,17)25(22,23,24,5(18,19)2(10,11)12)6(20,21)3(13,14)15;2-1(3)4/h;(H5,2,3,4)/q-1;/p+1. The van der Waals surface area contributed by atoms with E-state index >= 15 is 0 Å². The van der Waals surface area contributed by atoms with Gasteiger partial charge in [0, 0.05) is 0 Å². The van der Waals surface area contributed by atoms with Crippen LogP contribution in [0.15, 0.2) is 0 Å². The van der Waals surface area contributed by atoms with Gasteiger partial charge in [0.25, 0.3) is 0 Å². The summed E-state index contributed by atoms with van der Waals surface area (Å²) in [6.45, 7) is -15.0. The van der Waals surface area contributed by atoms with Crippen molar-refractivity contribution in [3.8, 4) is 0 Å². The fraction of sp³-hybridized carbons (Fsp3) is 0.857. The van der Waals surface area contributed by atoms with Gasteiger partial charge < -0.3 is 0 Å². The monoisotopic (exact) mass is 505 g/mol. The molecule has 29 heavy (non-hydrogen) atoms. The molecule has 0 aromatic carbocycles. The van der Waals surface area contributed by atoms with E-state index in [1.54, 1.807) is 0 Å². The number of hydrogen-bond donors (Lipinski definition) is 3. The Morgan fingerprint density at radius 1 is 0.483 bits per heavy atom. The van der Waals surface area contributed by atoms with Crippen molar-refractivity contribution in [3.63, 3.8) is 0 Å². The average Bonchev–Trinajstić information content (AvgIpc) is 2.32. The Morgan fingerprint density at radius 2 is 0.586 bits per heavy atom. The van der Waals surface area contributed by atoms with Crippen molar-refractivity contribution in [1.29, 1.82) is 0 Å². The van der Waals surface area contributed by atoms with E-state index in [4.69, 9.17) is 0 Å². The summed E-state index contributed by atoms with van der Waals surface area (Å²) in [6.07, 6.45) is -26.1. The third-order valence-corrected chi connectivity index (χ3v) is 7.18. The van der Waals surface area contributed by atoms with Gasteiger partial charge in [0.1, 0.15) is 0 Å². The van der Waals surface area contributed by atoms with Crippen LogP contribution in [-0.2, 0) is 0 Å². The first-order chi connectivity index (χ1) is 11.8. The van der Waals surface area contributed by atoms with Crippen molar-refractivity contribution >= 4 is 12.8 Å². The summed E-state index contributed by atoms with van der Waals surface area (Å²) in [5, 5.41) is 4.58. The van der Waals surface area contributed by atoms with Crippen LogP contribution in [0.2, 0.25) is 0 Å². The number of nitrogens with two attached hydrogens (primary N) is 3. The van der Waals surface area contributed by atoms with Crippen LogP contribution in [0.5, 0.6) is 0 Å². The van der Waals surface area contributed by atoms with E-state index in [9.17, 15) is 78.4 Å². The Balaban J connectivity index is 0. The Hall–Kier alpha value is -1.56. The maximum atomic E-state index is 13.4. The maximum absolute atomic E-state index is 15.0. The minimum absolute atomic E-state index is 0.0833. The largest absolute Gasteiger partial charge is 0.336 e. The molecular weight excluding hydrogens is 499 g/mol. The molecule has 0 saturated heterocycles. The number of guanidine groups is 1. The molecule has 3 nitrogen and oxygen atoms in total. The second kappa shape index (κ2) is 6.22. The van der Waals surface area contributed by atoms with E-state index in [2.05, 4.69) is 16.9 Å². The normalized spacial score (nSPS) is 17.6. The summed E-state index contributed by atoms with van der Waals surface area (Å²) in [5.74, 6) is -0.0833. The van der Waals surface area contributed by atoms with Crippen LogP contribution in [0, 0.1) is 0 Å². The predicted molar refractivity (Wildman–Crippen MR) is 58.6 cm³/mol. The minimum Gasteiger partial charge on any atom is -0.291 e. The van der Waals surface area contributed by atoms with Gasteiger partial charge in [-0.25, -0.2) is 0 Å². The van der Waals surface area contributed by atoms with Gasteiger partial charge in [-0.3, -0.25) is 16.9 Å². The SMILES string of the molecule is FC(F)(F)C(F)(F)[P-](F)(F)(F)(C(F)(F)C(F)(F)F)C(F)(F)C(F)(F)F.NC(N)=[NH2+]. The Labute approximate surface area is 145 Å². The van der Waals surface area contributed by atoms with E-state index in [-0.39, 0.29) is 5.96 Å². The Bertz CT molecular complexity index is 563. The van der Waals surface area contributed by atoms with Crippen molar-refractivity contribution < 1.29 is 83.9 Å². The quantitative estimate of drug-likeness (QED) is 0.233. The molecule has 6 N–H and O–H groups in total. The number of halogens is 18. The van der Waals surface area contributed by atoms with Crippen LogP contribution in [-0.4, -0.2) is 41.5 Å². The maximum Gasteiger partial charge on any atom is 0.336 e. The van der Waals surface area contributed by atoms with Gasteiger partial charge in [0.15, 0.2) is 0 Å². The third-order valence-electron chi connectivity index (χ3n) is 2.82. The fourth-order valence-electron chi connectivity index (χ4n) is 1.34. The summed E-state index contributed by atoms with van der Waals surface area (Å²) in [6, 6.07) is 0. The summed E-state index contributed by atoms with van der Waals surface area (Å²) in [4.78, 5) is 0. The molecule has 0 unspecified atom stereocenters. The zero-order chi connectivity index (χ0) is 25.0. The first-order valence-corrected chi connectivity index (χ1v) is 7.98. The molecular formula is C7H6F18N3P. The molecule has 0 spiro atoms. The molecule has 0 rings (SSSR count). The fourth-order valence-corrected chi connectivity index (χ4v) is 4.02. The second-order valence-corrected chi connectivity index (χ2v) is 9.17. The van der Waals surface area contributed by atoms with Gasteiger partial charge in [-0.05, 0) is 0 Å². The van der Waals surface area contributed by atoms with Crippen molar-refractivity contribution in [1.82, 2.24) is 0 Å². The summed E-state index contributed by atoms with van der Waals surface area (Å²) in [7, 11) is 0. The van der Waals surface area contributed by atoms with Gasteiger partial charge >= 0.3 is 127 Å². The van der Waals surface area contributed by atoms with Crippen molar-refractivity contribution in [3.05, 3.63) is 0 Å².